The highest BCUT2D eigenvalue weighted by atomic mass is 19.2. The molecular weight excluding hydrogens is 223 g/mol. The molecule has 3 nitrogen and oxygen atoms in total. The zero-order chi connectivity index (χ0) is 12.5. The van der Waals surface area contributed by atoms with Crippen molar-refractivity contribution in [2.75, 3.05) is 6.54 Å². The van der Waals surface area contributed by atoms with Crippen LogP contribution in [0.15, 0.2) is 6.07 Å². The van der Waals surface area contributed by atoms with Crippen molar-refractivity contribution in [3.63, 3.8) is 0 Å². The molecule has 0 aliphatic heterocycles. The van der Waals surface area contributed by atoms with Gasteiger partial charge < -0.3 is 10.8 Å². The molecule has 0 aromatic heterocycles. The summed E-state index contributed by atoms with van der Waals surface area (Å²) in [5.74, 6) is -6.80. The molecule has 6 heteroatoms. The van der Waals surface area contributed by atoms with Crippen LogP contribution >= 0.6 is 0 Å². The van der Waals surface area contributed by atoms with E-state index in [1.165, 1.54) is 6.92 Å². The van der Waals surface area contributed by atoms with Crippen LogP contribution in [0, 0.1) is 17.5 Å². The molecule has 1 atom stereocenters. The van der Waals surface area contributed by atoms with Gasteiger partial charge in [0.25, 0.3) is 0 Å². The molecule has 1 unspecified atom stereocenters. The Morgan fingerprint density at radius 1 is 1.44 bits per heavy atom. The highest BCUT2D eigenvalue weighted by Gasteiger charge is 2.25. The van der Waals surface area contributed by atoms with E-state index in [2.05, 4.69) is 0 Å². The molecule has 1 aromatic carbocycles. The van der Waals surface area contributed by atoms with Gasteiger partial charge in [0.1, 0.15) is 11.4 Å². The maximum absolute atomic E-state index is 13.4. The van der Waals surface area contributed by atoms with E-state index in [9.17, 15) is 18.0 Å². The number of carboxylic acids is 1. The number of hydrogen-bond donors (Lipinski definition) is 2. The fourth-order valence-corrected chi connectivity index (χ4v) is 1.29. The SMILES string of the molecule is CC(CN)c1cc(F)c(C(=O)O)c(F)c1F. The normalized spacial score (nSPS) is 12.6. The molecule has 0 bridgehead atoms. The van der Waals surface area contributed by atoms with Crippen LogP contribution in [0.5, 0.6) is 0 Å². The van der Waals surface area contributed by atoms with E-state index in [1.54, 1.807) is 0 Å². The van der Waals surface area contributed by atoms with E-state index in [4.69, 9.17) is 10.8 Å². The Morgan fingerprint density at radius 2 is 2.00 bits per heavy atom. The zero-order valence-corrected chi connectivity index (χ0v) is 8.43. The van der Waals surface area contributed by atoms with Crippen LogP contribution in [0.4, 0.5) is 13.2 Å². The van der Waals surface area contributed by atoms with Gasteiger partial charge in [-0.25, -0.2) is 18.0 Å². The second kappa shape index (κ2) is 4.52. The highest BCUT2D eigenvalue weighted by molar-refractivity contribution is 5.88. The molecule has 1 aromatic rings. The minimum atomic E-state index is -1.85. The molecule has 1 rings (SSSR count). The Kier molecular flexibility index (Phi) is 3.54. The largest absolute Gasteiger partial charge is 0.477 e. The molecule has 0 aliphatic carbocycles. The number of halogens is 3. The molecule has 0 amide bonds. The molecule has 0 aliphatic rings. The molecule has 0 spiro atoms. The molecule has 0 fully saturated rings. The number of rotatable bonds is 3. The number of benzene rings is 1. The maximum atomic E-state index is 13.4. The van der Waals surface area contributed by atoms with E-state index in [1.807, 2.05) is 0 Å². The molecule has 88 valence electrons. The molecule has 0 radical (unpaired) electrons. The third-order valence-electron chi connectivity index (χ3n) is 2.29. The van der Waals surface area contributed by atoms with Crippen molar-refractivity contribution in [1.82, 2.24) is 0 Å². The molecule has 0 saturated carbocycles. The Morgan fingerprint density at radius 3 is 2.44 bits per heavy atom. The first kappa shape index (κ1) is 12.5. The quantitative estimate of drug-likeness (QED) is 0.783. The third-order valence-corrected chi connectivity index (χ3v) is 2.29. The Bertz CT molecular complexity index is 435. The second-order valence-corrected chi connectivity index (χ2v) is 3.39. The van der Waals surface area contributed by atoms with Gasteiger partial charge >= 0.3 is 5.97 Å². The molecule has 0 heterocycles. The van der Waals surface area contributed by atoms with Gasteiger partial charge in [0.15, 0.2) is 11.6 Å². The lowest BCUT2D eigenvalue weighted by atomic mass is 9.98. The van der Waals surface area contributed by atoms with Crippen molar-refractivity contribution in [2.24, 2.45) is 5.73 Å². The Balaban J connectivity index is 3.45. The van der Waals surface area contributed by atoms with Crippen molar-refractivity contribution in [3.8, 4) is 0 Å². The topological polar surface area (TPSA) is 63.3 Å². The molecule has 0 saturated heterocycles. The number of aromatic carboxylic acids is 1. The summed E-state index contributed by atoms with van der Waals surface area (Å²) >= 11 is 0. The van der Waals surface area contributed by atoms with E-state index >= 15 is 0 Å². The van der Waals surface area contributed by atoms with Crippen molar-refractivity contribution in [2.45, 2.75) is 12.8 Å². The number of hydrogen-bond acceptors (Lipinski definition) is 2. The lowest BCUT2D eigenvalue weighted by Crippen LogP contribution is -2.15. The summed E-state index contributed by atoms with van der Waals surface area (Å²) in [5, 5.41) is 8.49. The van der Waals surface area contributed by atoms with E-state index in [0.717, 1.165) is 0 Å². The van der Waals surface area contributed by atoms with Crippen molar-refractivity contribution in [3.05, 3.63) is 34.6 Å². The average Bonchev–Trinajstić information content (AvgIpc) is 2.22. The minimum absolute atomic E-state index is 0.00220. The average molecular weight is 233 g/mol. The molecular formula is C10H10F3NO2. The van der Waals surface area contributed by atoms with Crippen LogP contribution in [-0.2, 0) is 0 Å². The summed E-state index contributed by atoms with van der Waals surface area (Å²) in [4.78, 5) is 10.5. The smallest absolute Gasteiger partial charge is 0.341 e. The Labute approximate surface area is 89.7 Å². The second-order valence-electron chi connectivity index (χ2n) is 3.39. The summed E-state index contributed by atoms with van der Waals surface area (Å²) in [6.07, 6.45) is 0. The van der Waals surface area contributed by atoms with Gasteiger partial charge in [0, 0.05) is 0 Å². The van der Waals surface area contributed by atoms with E-state index < -0.39 is 34.9 Å². The predicted octanol–water partition coefficient (Wildman–Crippen LogP) is 1.86. The summed E-state index contributed by atoms with van der Waals surface area (Å²) in [7, 11) is 0. The lowest BCUT2D eigenvalue weighted by molar-refractivity contribution is 0.0685. The first-order chi connectivity index (χ1) is 7.40. The van der Waals surface area contributed by atoms with Crippen LogP contribution in [0.1, 0.15) is 28.8 Å². The van der Waals surface area contributed by atoms with Crippen LogP contribution in [0.2, 0.25) is 0 Å². The first-order valence-corrected chi connectivity index (χ1v) is 4.50. The minimum Gasteiger partial charge on any atom is -0.477 e. The van der Waals surface area contributed by atoms with Crippen LogP contribution in [0.3, 0.4) is 0 Å². The van der Waals surface area contributed by atoms with Gasteiger partial charge in [-0.15, -0.1) is 0 Å². The summed E-state index contributed by atoms with van der Waals surface area (Å²) in [5.41, 5.74) is 3.69. The van der Waals surface area contributed by atoms with Gasteiger partial charge in [-0.2, -0.15) is 0 Å². The number of carboxylic acid groups (broad SMARTS) is 1. The van der Waals surface area contributed by atoms with Gasteiger partial charge in [-0.3, -0.25) is 0 Å². The van der Waals surface area contributed by atoms with Gasteiger partial charge in [0.2, 0.25) is 0 Å². The van der Waals surface area contributed by atoms with Gasteiger partial charge in [-0.1, -0.05) is 6.92 Å². The number of nitrogens with two attached hydrogens (primary N) is 1. The first-order valence-electron chi connectivity index (χ1n) is 4.50. The fraction of sp³-hybridized carbons (Fsp3) is 0.300. The third kappa shape index (κ3) is 2.01. The van der Waals surface area contributed by atoms with Gasteiger partial charge in [-0.05, 0) is 24.1 Å². The molecule has 16 heavy (non-hydrogen) atoms. The standard InChI is InChI=1S/C10H10F3NO2/c1-4(3-14)5-2-6(11)7(10(15)16)9(13)8(5)12/h2,4H,3,14H2,1H3,(H,15,16). The lowest BCUT2D eigenvalue weighted by Gasteiger charge is -2.12. The molecule has 3 N–H and O–H groups in total. The number of carbonyl (C=O) groups is 1. The van der Waals surface area contributed by atoms with Gasteiger partial charge in [0.05, 0.1) is 0 Å². The Hall–Kier alpha value is -1.56. The highest BCUT2D eigenvalue weighted by Crippen LogP contribution is 2.25. The monoisotopic (exact) mass is 233 g/mol. The maximum Gasteiger partial charge on any atom is 0.341 e. The van der Waals surface area contributed by atoms with E-state index in [0.29, 0.717) is 6.07 Å². The van der Waals surface area contributed by atoms with E-state index in [-0.39, 0.29) is 12.1 Å². The van der Waals surface area contributed by atoms with Crippen molar-refractivity contribution < 1.29 is 23.1 Å². The fourth-order valence-electron chi connectivity index (χ4n) is 1.29. The predicted molar refractivity (Wildman–Crippen MR) is 50.7 cm³/mol. The van der Waals surface area contributed by atoms with Crippen LogP contribution < -0.4 is 5.73 Å². The van der Waals surface area contributed by atoms with Crippen molar-refractivity contribution >= 4 is 5.97 Å². The van der Waals surface area contributed by atoms with Crippen LogP contribution in [0.25, 0.3) is 0 Å². The summed E-state index contributed by atoms with van der Waals surface area (Å²) < 4.78 is 39.8. The zero-order valence-electron chi connectivity index (χ0n) is 8.43. The van der Waals surface area contributed by atoms with Crippen LogP contribution in [-0.4, -0.2) is 17.6 Å². The van der Waals surface area contributed by atoms with Crippen molar-refractivity contribution in [1.29, 1.82) is 0 Å². The summed E-state index contributed by atoms with van der Waals surface area (Å²) in [6.45, 7) is 1.49. The summed E-state index contributed by atoms with van der Waals surface area (Å²) in [6, 6.07) is 0.666.